The first-order chi connectivity index (χ1) is 9.99. The molecule has 0 radical (unpaired) electrons. The van der Waals surface area contributed by atoms with Crippen LogP contribution < -0.4 is 0 Å². The van der Waals surface area contributed by atoms with Crippen LogP contribution >= 0.6 is 0 Å². The van der Waals surface area contributed by atoms with Gasteiger partial charge in [0, 0.05) is 11.3 Å². The number of rotatable bonds is 6. The Labute approximate surface area is 129 Å². The molecule has 0 aliphatic carbocycles. The number of hydrogen-bond acceptors (Lipinski definition) is 1. The van der Waals surface area contributed by atoms with Gasteiger partial charge in [-0.2, -0.15) is 0 Å². The fraction of sp³-hybridized carbons (Fsp3) is 0.350. The smallest absolute Gasteiger partial charge is 0.0707 e. The van der Waals surface area contributed by atoms with E-state index in [1.807, 2.05) is 19.9 Å². The van der Waals surface area contributed by atoms with Gasteiger partial charge in [-0.15, -0.1) is 0 Å². The monoisotopic (exact) mass is 281 g/mol. The van der Waals surface area contributed by atoms with Crippen molar-refractivity contribution in [2.45, 2.75) is 47.5 Å². The first-order valence-electron chi connectivity index (χ1n) is 7.61. The van der Waals surface area contributed by atoms with Gasteiger partial charge < -0.3 is 0 Å². The number of nitrogens with zero attached hydrogens (tertiary/aromatic N) is 1. The van der Waals surface area contributed by atoms with E-state index in [0.29, 0.717) is 0 Å². The van der Waals surface area contributed by atoms with E-state index in [1.165, 1.54) is 16.7 Å². The molecule has 0 amide bonds. The molecule has 0 N–H and O–H groups in total. The summed E-state index contributed by atoms with van der Waals surface area (Å²) in [5.41, 5.74) is 6.98. The number of aliphatic imine (C=N–C) groups is 1. The van der Waals surface area contributed by atoms with Crippen molar-refractivity contribution in [1.29, 1.82) is 0 Å². The fourth-order valence-corrected chi connectivity index (χ4v) is 2.15. The van der Waals surface area contributed by atoms with Gasteiger partial charge in [0.25, 0.3) is 0 Å². The highest BCUT2D eigenvalue weighted by Gasteiger charge is 2.05. The molecule has 0 saturated heterocycles. The van der Waals surface area contributed by atoms with E-state index in [2.05, 4.69) is 57.7 Å². The second kappa shape index (κ2) is 8.41. The van der Waals surface area contributed by atoms with Crippen molar-refractivity contribution in [1.82, 2.24) is 0 Å². The summed E-state index contributed by atoms with van der Waals surface area (Å²) >= 11 is 0. The highest BCUT2D eigenvalue weighted by Crippen LogP contribution is 2.16. The van der Waals surface area contributed by atoms with Gasteiger partial charge >= 0.3 is 0 Å². The molecular formula is C20H27N. The van der Waals surface area contributed by atoms with Crippen LogP contribution in [0.15, 0.2) is 64.8 Å². The van der Waals surface area contributed by atoms with Gasteiger partial charge in [-0.05, 0) is 51.3 Å². The van der Waals surface area contributed by atoms with Gasteiger partial charge in [-0.25, -0.2) is 0 Å². The molecule has 0 unspecified atom stereocenters. The van der Waals surface area contributed by atoms with E-state index in [9.17, 15) is 0 Å². The van der Waals surface area contributed by atoms with Crippen LogP contribution in [-0.4, -0.2) is 5.71 Å². The quantitative estimate of drug-likeness (QED) is 0.447. The second-order valence-electron chi connectivity index (χ2n) is 5.53. The molecule has 0 fully saturated rings. The summed E-state index contributed by atoms with van der Waals surface area (Å²) in [5.74, 6) is 0. The average molecular weight is 281 g/mol. The lowest BCUT2D eigenvalue weighted by Crippen LogP contribution is -2.02. The zero-order valence-electron chi connectivity index (χ0n) is 14.0. The summed E-state index contributed by atoms with van der Waals surface area (Å²) < 4.78 is 0. The SMILES string of the molecule is C=C/C(C)=C(C)/N=C(\C=C(\C)CCC)c1ccccc1C. The molecule has 0 bridgehead atoms. The van der Waals surface area contributed by atoms with Gasteiger partial charge in [0.1, 0.15) is 0 Å². The van der Waals surface area contributed by atoms with E-state index < -0.39 is 0 Å². The van der Waals surface area contributed by atoms with Gasteiger partial charge in [-0.3, -0.25) is 4.99 Å². The summed E-state index contributed by atoms with van der Waals surface area (Å²) in [6.07, 6.45) is 6.33. The van der Waals surface area contributed by atoms with Gasteiger partial charge in [0.05, 0.1) is 5.71 Å². The maximum absolute atomic E-state index is 4.85. The minimum Gasteiger partial charge on any atom is -0.253 e. The van der Waals surface area contributed by atoms with Crippen LogP contribution in [0.2, 0.25) is 0 Å². The van der Waals surface area contributed by atoms with E-state index in [0.717, 1.165) is 29.8 Å². The van der Waals surface area contributed by atoms with Crippen LogP contribution in [-0.2, 0) is 0 Å². The van der Waals surface area contributed by atoms with Gasteiger partial charge in [0.2, 0.25) is 0 Å². The van der Waals surface area contributed by atoms with Crippen LogP contribution in [0.4, 0.5) is 0 Å². The summed E-state index contributed by atoms with van der Waals surface area (Å²) in [7, 11) is 0. The van der Waals surface area contributed by atoms with Crippen molar-refractivity contribution in [3.63, 3.8) is 0 Å². The van der Waals surface area contributed by atoms with Crippen LogP contribution in [0.1, 0.15) is 51.7 Å². The lowest BCUT2D eigenvalue weighted by atomic mass is 10.0. The average Bonchev–Trinajstić information content (AvgIpc) is 2.46. The Hall–Kier alpha value is -1.89. The molecule has 0 aliphatic rings. The number of hydrogen-bond donors (Lipinski definition) is 0. The molecule has 0 spiro atoms. The Morgan fingerprint density at radius 2 is 1.86 bits per heavy atom. The zero-order chi connectivity index (χ0) is 15.8. The Morgan fingerprint density at radius 3 is 2.43 bits per heavy atom. The Balaban J connectivity index is 3.38. The molecular weight excluding hydrogens is 254 g/mol. The zero-order valence-corrected chi connectivity index (χ0v) is 14.0. The number of benzene rings is 1. The van der Waals surface area contributed by atoms with Gasteiger partial charge in [-0.1, -0.05) is 55.8 Å². The van der Waals surface area contributed by atoms with Crippen molar-refractivity contribution in [3.8, 4) is 0 Å². The number of aryl methyl sites for hydroxylation is 1. The third-order valence-corrected chi connectivity index (χ3v) is 3.61. The van der Waals surface area contributed by atoms with Crippen LogP contribution in [0.3, 0.4) is 0 Å². The highest BCUT2D eigenvalue weighted by molar-refractivity contribution is 6.10. The maximum Gasteiger partial charge on any atom is 0.0707 e. The Morgan fingerprint density at radius 1 is 1.19 bits per heavy atom. The van der Waals surface area contributed by atoms with E-state index in [4.69, 9.17) is 4.99 Å². The molecule has 0 saturated carbocycles. The molecule has 1 aromatic carbocycles. The number of allylic oxidation sites excluding steroid dienone is 5. The van der Waals surface area contributed by atoms with Crippen LogP contribution in [0.5, 0.6) is 0 Å². The summed E-state index contributed by atoms with van der Waals surface area (Å²) in [5, 5.41) is 0. The molecule has 21 heavy (non-hydrogen) atoms. The molecule has 0 atom stereocenters. The first kappa shape index (κ1) is 17.2. The molecule has 1 aromatic rings. The predicted octanol–water partition coefficient (Wildman–Crippen LogP) is 6.01. The highest BCUT2D eigenvalue weighted by atomic mass is 14.8. The lowest BCUT2D eigenvalue weighted by molar-refractivity contribution is 0.907. The maximum atomic E-state index is 4.85. The Kier molecular flexibility index (Phi) is 6.87. The molecule has 1 heteroatoms. The fourth-order valence-electron chi connectivity index (χ4n) is 2.15. The Bertz CT molecular complexity index is 586. The lowest BCUT2D eigenvalue weighted by Gasteiger charge is -2.09. The topological polar surface area (TPSA) is 12.4 Å². The molecule has 112 valence electrons. The van der Waals surface area contributed by atoms with Crippen molar-refractivity contribution < 1.29 is 0 Å². The van der Waals surface area contributed by atoms with Crippen LogP contribution in [0, 0.1) is 6.92 Å². The largest absolute Gasteiger partial charge is 0.253 e. The minimum absolute atomic E-state index is 1.02. The standard InChI is InChI=1S/C20H27N/c1-7-11-15(3)14-20(21-18(6)16(4)8-2)19-13-10-9-12-17(19)5/h8-10,12-14H,2,7,11H2,1,3-6H3/b15-14-,18-16+,21-20+. The molecule has 0 heterocycles. The second-order valence-corrected chi connectivity index (χ2v) is 5.53. The van der Waals surface area contributed by atoms with E-state index in [1.54, 1.807) is 0 Å². The van der Waals surface area contributed by atoms with Crippen molar-refractivity contribution in [3.05, 3.63) is 71.0 Å². The third-order valence-electron chi connectivity index (χ3n) is 3.61. The molecule has 0 aliphatic heterocycles. The first-order valence-corrected chi connectivity index (χ1v) is 7.61. The van der Waals surface area contributed by atoms with Gasteiger partial charge in [0.15, 0.2) is 0 Å². The summed E-state index contributed by atoms with van der Waals surface area (Å²) in [6, 6.07) is 8.41. The van der Waals surface area contributed by atoms with Crippen molar-refractivity contribution in [2.75, 3.05) is 0 Å². The third kappa shape index (κ3) is 5.18. The van der Waals surface area contributed by atoms with Crippen molar-refractivity contribution in [2.24, 2.45) is 4.99 Å². The van der Waals surface area contributed by atoms with Crippen LogP contribution in [0.25, 0.3) is 0 Å². The summed E-state index contributed by atoms with van der Waals surface area (Å²) in [6.45, 7) is 14.4. The van der Waals surface area contributed by atoms with E-state index >= 15 is 0 Å². The summed E-state index contributed by atoms with van der Waals surface area (Å²) in [4.78, 5) is 4.85. The van der Waals surface area contributed by atoms with E-state index in [-0.39, 0.29) is 0 Å². The minimum atomic E-state index is 1.02. The molecule has 1 rings (SSSR count). The van der Waals surface area contributed by atoms with Crippen molar-refractivity contribution >= 4 is 5.71 Å². The predicted molar refractivity (Wildman–Crippen MR) is 95.0 cm³/mol. The molecule has 0 aromatic heterocycles. The molecule has 1 nitrogen and oxygen atoms in total. The normalized spacial score (nSPS) is 14.0.